The number of benzene rings is 1. The molecule has 0 amide bonds. The lowest BCUT2D eigenvalue weighted by Gasteiger charge is -2.29. The molecule has 0 unspecified atom stereocenters. The SMILES string of the molecule is CCCNc1nncc(N2CCc3ccccc3C2)n1. The maximum absolute atomic E-state index is 4.55. The molecule has 2 heterocycles. The first-order valence-corrected chi connectivity index (χ1v) is 7.12. The van der Waals surface area contributed by atoms with Gasteiger partial charge in [-0.15, -0.1) is 5.10 Å². The van der Waals surface area contributed by atoms with E-state index < -0.39 is 0 Å². The number of aromatic nitrogens is 3. The highest BCUT2D eigenvalue weighted by atomic mass is 15.3. The number of fused-ring (bicyclic) bond motifs is 1. The molecule has 1 aliphatic rings. The topological polar surface area (TPSA) is 53.9 Å². The van der Waals surface area contributed by atoms with E-state index in [9.17, 15) is 0 Å². The molecule has 0 saturated heterocycles. The second-order valence-corrected chi connectivity index (χ2v) is 5.01. The Balaban J connectivity index is 1.77. The molecule has 0 saturated carbocycles. The third-order valence-corrected chi connectivity index (χ3v) is 3.53. The van der Waals surface area contributed by atoms with Crippen LogP contribution >= 0.6 is 0 Å². The second kappa shape index (κ2) is 5.86. The highest BCUT2D eigenvalue weighted by molar-refractivity contribution is 5.44. The molecule has 1 aromatic carbocycles. The van der Waals surface area contributed by atoms with Crippen LogP contribution in [0.3, 0.4) is 0 Å². The minimum Gasteiger partial charge on any atom is -0.353 e. The van der Waals surface area contributed by atoms with Crippen LogP contribution in [-0.2, 0) is 13.0 Å². The van der Waals surface area contributed by atoms with Crippen LogP contribution in [0.15, 0.2) is 30.5 Å². The molecule has 2 aromatic rings. The molecular weight excluding hydrogens is 250 g/mol. The van der Waals surface area contributed by atoms with Gasteiger partial charge in [0.05, 0.1) is 6.20 Å². The summed E-state index contributed by atoms with van der Waals surface area (Å²) in [6.45, 7) is 4.85. The lowest BCUT2D eigenvalue weighted by atomic mass is 10.0. The van der Waals surface area contributed by atoms with Crippen molar-refractivity contribution in [3.8, 4) is 0 Å². The number of rotatable bonds is 4. The quantitative estimate of drug-likeness (QED) is 0.922. The summed E-state index contributed by atoms with van der Waals surface area (Å²) in [5, 5.41) is 11.3. The zero-order valence-corrected chi connectivity index (χ0v) is 11.7. The molecule has 0 fully saturated rings. The first-order valence-electron chi connectivity index (χ1n) is 7.12. The maximum atomic E-state index is 4.55. The number of nitrogens with zero attached hydrogens (tertiary/aromatic N) is 4. The van der Waals surface area contributed by atoms with Crippen LogP contribution in [0.4, 0.5) is 11.8 Å². The summed E-state index contributed by atoms with van der Waals surface area (Å²) in [6, 6.07) is 8.59. The van der Waals surface area contributed by atoms with Gasteiger partial charge in [-0.2, -0.15) is 10.1 Å². The Morgan fingerprint density at radius 3 is 2.95 bits per heavy atom. The zero-order chi connectivity index (χ0) is 13.8. The molecule has 3 rings (SSSR count). The van der Waals surface area contributed by atoms with Crippen molar-refractivity contribution in [2.45, 2.75) is 26.3 Å². The average Bonchev–Trinajstić information content (AvgIpc) is 2.53. The molecule has 0 aliphatic carbocycles. The van der Waals surface area contributed by atoms with Crippen LogP contribution < -0.4 is 10.2 Å². The molecule has 0 radical (unpaired) electrons. The van der Waals surface area contributed by atoms with Crippen LogP contribution in [-0.4, -0.2) is 28.3 Å². The Morgan fingerprint density at radius 2 is 2.10 bits per heavy atom. The van der Waals surface area contributed by atoms with Crippen molar-refractivity contribution in [2.75, 3.05) is 23.3 Å². The molecule has 104 valence electrons. The zero-order valence-electron chi connectivity index (χ0n) is 11.7. The molecule has 0 atom stereocenters. The lowest BCUT2D eigenvalue weighted by Crippen LogP contribution is -2.31. The van der Waals surface area contributed by atoms with E-state index in [1.165, 1.54) is 11.1 Å². The largest absolute Gasteiger partial charge is 0.353 e. The highest BCUT2D eigenvalue weighted by Gasteiger charge is 2.17. The Hall–Kier alpha value is -2.17. The van der Waals surface area contributed by atoms with Gasteiger partial charge in [-0.25, -0.2) is 0 Å². The van der Waals surface area contributed by atoms with Crippen molar-refractivity contribution >= 4 is 11.8 Å². The predicted molar refractivity (Wildman–Crippen MR) is 79.8 cm³/mol. The van der Waals surface area contributed by atoms with E-state index in [-0.39, 0.29) is 0 Å². The van der Waals surface area contributed by atoms with Gasteiger partial charge in [-0.05, 0) is 24.0 Å². The minimum absolute atomic E-state index is 0.614. The third-order valence-electron chi connectivity index (χ3n) is 3.53. The highest BCUT2D eigenvalue weighted by Crippen LogP contribution is 2.22. The van der Waals surface area contributed by atoms with Crippen LogP contribution in [0.1, 0.15) is 24.5 Å². The Kier molecular flexibility index (Phi) is 3.76. The van der Waals surface area contributed by atoms with Gasteiger partial charge in [-0.3, -0.25) is 0 Å². The summed E-state index contributed by atoms with van der Waals surface area (Å²) in [5.74, 6) is 1.51. The van der Waals surface area contributed by atoms with Gasteiger partial charge in [0.25, 0.3) is 0 Å². The summed E-state index contributed by atoms with van der Waals surface area (Å²) in [7, 11) is 0. The molecule has 1 aromatic heterocycles. The summed E-state index contributed by atoms with van der Waals surface area (Å²) in [4.78, 5) is 6.81. The van der Waals surface area contributed by atoms with Crippen molar-refractivity contribution in [3.05, 3.63) is 41.6 Å². The van der Waals surface area contributed by atoms with Crippen LogP contribution in [0.25, 0.3) is 0 Å². The van der Waals surface area contributed by atoms with Crippen LogP contribution in [0.5, 0.6) is 0 Å². The van der Waals surface area contributed by atoms with E-state index >= 15 is 0 Å². The fraction of sp³-hybridized carbons (Fsp3) is 0.400. The standard InChI is InChI=1S/C15H19N5/c1-2-8-16-15-18-14(10-17-19-15)20-9-7-12-5-3-4-6-13(12)11-20/h3-6,10H,2,7-9,11H2,1H3,(H,16,18,19). The minimum atomic E-state index is 0.614. The van der Waals surface area contributed by atoms with Gasteiger partial charge in [0, 0.05) is 19.6 Å². The lowest BCUT2D eigenvalue weighted by molar-refractivity contribution is 0.714. The molecule has 0 spiro atoms. The second-order valence-electron chi connectivity index (χ2n) is 5.01. The maximum Gasteiger partial charge on any atom is 0.244 e. The van der Waals surface area contributed by atoms with Gasteiger partial charge in [0.1, 0.15) is 0 Å². The fourth-order valence-corrected chi connectivity index (χ4v) is 2.45. The first kappa shape index (κ1) is 12.8. The number of hydrogen-bond donors (Lipinski definition) is 1. The molecular formula is C15H19N5. The van der Waals surface area contributed by atoms with Gasteiger partial charge >= 0.3 is 0 Å². The molecule has 5 heteroatoms. The molecule has 1 aliphatic heterocycles. The van der Waals surface area contributed by atoms with Gasteiger partial charge < -0.3 is 10.2 Å². The van der Waals surface area contributed by atoms with E-state index in [4.69, 9.17) is 0 Å². The molecule has 20 heavy (non-hydrogen) atoms. The summed E-state index contributed by atoms with van der Waals surface area (Å²) in [5.41, 5.74) is 2.82. The van der Waals surface area contributed by atoms with E-state index in [1.807, 2.05) is 0 Å². The van der Waals surface area contributed by atoms with E-state index in [1.54, 1.807) is 6.20 Å². The van der Waals surface area contributed by atoms with E-state index in [2.05, 4.69) is 56.6 Å². The number of anilines is 2. The smallest absolute Gasteiger partial charge is 0.244 e. The summed E-state index contributed by atoms with van der Waals surface area (Å²) < 4.78 is 0. The molecule has 5 nitrogen and oxygen atoms in total. The Bertz CT molecular complexity index is 584. The fourth-order valence-electron chi connectivity index (χ4n) is 2.45. The number of nitrogens with one attached hydrogen (secondary N) is 1. The van der Waals surface area contributed by atoms with Gasteiger partial charge in [0.2, 0.25) is 5.95 Å². The molecule has 1 N–H and O–H groups in total. The summed E-state index contributed by atoms with van der Waals surface area (Å²) in [6.07, 6.45) is 3.84. The Labute approximate surface area is 119 Å². The van der Waals surface area contributed by atoms with Crippen molar-refractivity contribution in [2.24, 2.45) is 0 Å². The van der Waals surface area contributed by atoms with E-state index in [0.717, 1.165) is 38.3 Å². The van der Waals surface area contributed by atoms with Crippen LogP contribution in [0.2, 0.25) is 0 Å². The van der Waals surface area contributed by atoms with E-state index in [0.29, 0.717) is 5.95 Å². The van der Waals surface area contributed by atoms with Crippen molar-refractivity contribution in [1.29, 1.82) is 0 Å². The van der Waals surface area contributed by atoms with Crippen molar-refractivity contribution < 1.29 is 0 Å². The number of hydrogen-bond acceptors (Lipinski definition) is 5. The predicted octanol–water partition coefficient (Wildman–Crippen LogP) is 2.26. The van der Waals surface area contributed by atoms with Gasteiger partial charge in [-0.1, -0.05) is 31.2 Å². The molecule has 0 bridgehead atoms. The van der Waals surface area contributed by atoms with Crippen molar-refractivity contribution in [3.63, 3.8) is 0 Å². The summed E-state index contributed by atoms with van der Waals surface area (Å²) >= 11 is 0. The van der Waals surface area contributed by atoms with Gasteiger partial charge in [0.15, 0.2) is 5.82 Å². The Morgan fingerprint density at radius 1 is 1.25 bits per heavy atom. The van der Waals surface area contributed by atoms with Crippen LogP contribution in [0, 0.1) is 0 Å². The average molecular weight is 269 g/mol. The monoisotopic (exact) mass is 269 g/mol. The normalized spacial score (nSPS) is 13.9. The third kappa shape index (κ3) is 2.71. The van der Waals surface area contributed by atoms with Crippen molar-refractivity contribution in [1.82, 2.24) is 15.2 Å². The first-order chi connectivity index (χ1) is 9.86.